The van der Waals surface area contributed by atoms with Gasteiger partial charge in [-0.3, -0.25) is 4.79 Å². The van der Waals surface area contributed by atoms with E-state index in [-0.39, 0.29) is 11.9 Å². The highest BCUT2D eigenvalue weighted by Gasteiger charge is 2.42. The molecule has 1 aliphatic carbocycles. The molecule has 2 unspecified atom stereocenters. The zero-order valence-corrected chi connectivity index (χ0v) is 13.9. The van der Waals surface area contributed by atoms with E-state index in [1.54, 1.807) is 0 Å². The molecule has 1 fully saturated rings. The van der Waals surface area contributed by atoms with Gasteiger partial charge in [0.1, 0.15) is 12.4 Å². The molecule has 0 aliphatic heterocycles. The Kier molecular flexibility index (Phi) is 5.32. The van der Waals surface area contributed by atoms with Gasteiger partial charge < -0.3 is 9.47 Å². The minimum Gasteiger partial charge on any atom is -0.489 e. The Morgan fingerprint density at radius 2 is 1.88 bits per heavy atom. The van der Waals surface area contributed by atoms with Crippen LogP contribution in [0.25, 0.3) is 6.08 Å². The maximum Gasteiger partial charge on any atom is 0.309 e. The van der Waals surface area contributed by atoms with Crippen LogP contribution in [0.4, 0.5) is 0 Å². The summed E-state index contributed by atoms with van der Waals surface area (Å²) in [6, 6.07) is 18.1. The Balaban J connectivity index is 1.48. The minimum absolute atomic E-state index is 0.0506. The van der Waals surface area contributed by atoms with Crippen LogP contribution in [0.2, 0.25) is 0 Å². The van der Waals surface area contributed by atoms with Gasteiger partial charge in [-0.15, -0.1) is 0 Å². The summed E-state index contributed by atoms with van der Waals surface area (Å²) in [5, 5.41) is 0. The van der Waals surface area contributed by atoms with Gasteiger partial charge in [-0.1, -0.05) is 54.6 Å². The van der Waals surface area contributed by atoms with Crippen LogP contribution in [0.15, 0.2) is 60.7 Å². The smallest absolute Gasteiger partial charge is 0.309 e. The van der Waals surface area contributed by atoms with Crippen molar-refractivity contribution in [3.05, 3.63) is 71.8 Å². The highest BCUT2D eigenvalue weighted by atomic mass is 16.5. The Morgan fingerprint density at radius 1 is 1.12 bits per heavy atom. The highest BCUT2D eigenvalue weighted by Crippen LogP contribution is 2.41. The Morgan fingerprint density at radius 3 is 2.58 bits per heavy atom. The van der Waals surface area contributed by atoms with Gasteiger partial charge in [0, 0.05) is 0 Å². The van der Waals surface area contributed by atoms with Crippen molar-refractivity contribution in [2.24, 2.45) is 11.8 Å². The van der Waals surface area contributed by atoms with Crippen molar-refractivity contribution in [3.63, 3.8) is 0 Å². The number of benzene rings is 2. The van der Waals surface area contributed by atoms with Gasteiger partial charge >= 0.3 is 5.97 Å². The summed E-state index contributed by atoms with van der Waals surface area (Å²) in [7, 11) is 0. The Labute approximate surface area is 142 Å². The maximum atomic E-state index is 11.6. The number of carbonyl (C=O) groups is 1. The lowest BCUT2D eigenvalue weighted by atomic mass is 10.1. The first-order valence-electron chi connectivity index (χ1n) is 8.38. The van der Waals surface area contributed by atoms with E-state index in [2.05, 4.69) is 12.2 Å². The Hall–Kier alpha value is -2.55. The lowest BCUT2D eigenvalue weighted by Crippen LogP contribution is -2.06. The summed E-state index contributed by atoms with van der Waals surface area (Å²) in [5.74, 6) is 1.15. The maximum absolute atomic E-state index is 11.6. The van der Waals surface area contributed by atoms with E-state index < -0.39 is 0 Å². The number of rotatable bonds is 7. The number of carbonyl (C=O) groups excluding carboxylic acids is 1. The molecule has 3 rings (SSSR count). The molecular formula is C21H22O3. The average molecular weight is 322 g/mol. The van der Waals surface area contributed by atoms with Crippen molar-refractivity contribution in [2.45, 2.75) is 20.0 Å². The molecule has 1 saturated carbocycles. The third kappa shape index (κ3) is 4.48. The predicted octanol–water partition coefficient (Wildman–Crippen LogP) is 4.48. The molecule has 0 amide bonds. The van der Waals surface area contributed by atoms with E-state index in [0.29, 0.717) is 19.1 Å². The average Bonchev–Trinajstić information content (AvgIpc) is 3.40. The van der Waals surface area contributed by atoms with E-state index >= 15 is 0 Å². The fourth-order valence-electron chi connectivity index (χ4n) is 2.60. The van der Waals surface area contributed by atoms with Crippen molar-refractivity contribution in [2.75, 3.05) is 6.61 Å². The van der Waals surface area contributed by atoms with E-state index in [4.69, 9.17) is 9.47 Å². The molecule has 0 bridgehead atoms. The lowest BCUT2D eigenvalue weighted by Gasteiger charge is -2.06. The standard InChI is InChI=1S/C21H22O3/c1-2-23-21(22)20-14-18(20)11-8-16-9-12-19(13-10-16)24-15-17-6-4-3-5-7-17/h3-13,18,20H,2,14-15H2,1H3/b11-8+. The van der Waals surface area contributed by atoms with Gasteiger partial charge in [0.2, 0.25) is 0 Å². The van der Waals surface area contributed by atoms with Crippen molar-refractivity contribution in [3.8, 4) is 5.75 Å². The summed E-state index contributed by atoms with van der Waals surface area (Å²) in [6.07, 6.45) is 5.06. The second-order valence-electron chi connectivity index (χ2n) is 5.96. The first kappa shape index (κ1) is 16.3. The molecule has 124 valence electrons. The van der Waals surface area contributed by atoms with Crippen LogP contribution in [0.1, 0.15) is 24.5 Å². The molecule has 0 spiro atoms. The summed E-state index contributed by atoms with van der Waals surface area (Å²) in [6.45, 7) is 2.86. The predicted molar refractivity (Wildman–Crippen MR) is 94.5 cm³/mol. The fraction of sp³-hybridized carbons (Fsp3) is 0.286. The summed E-state index contributed by atoms with van der Waals surface area (Å²) < 4.78 is 10.8. The van der Waals surface area contributed by atoms with Gasteiger partial charge in [-0.25, -0.2) is 0 Å². The first-order chi connectivity index (χ1) is 11.8. The summed E-state index contributed by atoms with van der Waals surface area (Å²) in [4.78, 5) is 11.6. The summed E-state index contributed by atoms with van der Waals surface area (Å²) in [5.41, 5.74) is 2.26. The topological polar surface area (TPSA) is 35.5 Å². The molecule has 24 heavy (non-hydrogen) atoms. The van der Waals surface area contributed by atoms with Gasteiger partial charge in [0.05, 0.1) is 12.5 Å². The highest BCUT2D eigenvalue weighted by molar-refractivity contribution is 5.76. The van der Waals surface area contributed by atoms with Crippen LogP contribution in [0.3, 0.4) is 0 Å². The van der Waals surface area contributed by atoms with Crippen LogP contribution in [-0.2, 0) is 16.1 Å². The molecule has 0 radical (unpaired) electrons. The molecule has 2 atom stereocenters. The van der Waals surface area contributed by atoms with Crippen molar-refractivity contribution >= 4 is 12.0 Å². The molecule has 0 heterocycles. The van der Waals surface area contributed by atoms with Crippen LogP contribution < -0.4 is 4.74 Å². The molecule has 1 aliphatic rings. The number of hydrogen-bond acceptors (Lipinski definition) is 3. The van der Waals surface area contributed by atoms with Crippen molar-refractivity contribution in [1.82, 2.24) is 0 Å². The van der Waals surface area contributed by atoms with Crippen LogP contribution >= 0.6 is 0 Å². The van der Waals surface area contributed by atoms with Gasteiger partial charge in [0.25, 0.3) is 0 Å². The number of hydrogen-bond donors (Lipinski definition) is 0. The molecule has 2 aromatic carbocycles. The SMILES string of the molecule is CCOC(=O)C1CC1/C=C/c1ccc(OCc2ccccc2)cc1. The lowest BCUT2D eigenvalue weighted by molar-refractivity contribution is -0.144. The largest absolute Gasteiger partial charge is 0.489 e. The van der Waals surface area contributed by atoms with E-state index in [1.165, 1.54) is 0 Å². The van der Waals surface area contributed by atoms with Crippen molar-refractivity contribution < 1.29 is 14.3 Å². The molecule has 3 heteroatoms. The fourth-order valence-corrected chi connectivity index (χ4v) is 2.60. The zero-order valence-electron chi connectivity index (χ0n) is 13.9. The number of ether oxygens (including phenoxy) is 2. The van der Waals surface area contributed by atoms with Crippen LogP contribution in [0, 0.1) is 11.8 Å². The number of allylic oxidation sites excluding steroid dienone is 1. The zero-order chi connectivity index (χ0) is 16.8. The monoisotopic (exact) mass is 322 g/mol. The molecule has 2 aromatic rings. The van der Waals surface area contributed by atoms with Crippen molar-refractivity contribution in [1.29, 1.82) is 0 Å². The Bertz CT molecular complexity index is 689. The number of esters is 1. The second-order valence-corrected chi connectivity index (χ2v) is 5.96. The first-order valence-corrected chi connectivity index (χ1v) is 8.38. The third-order valence-corrected chi connectivity index (χ3v) is 4.09. The van der Waals surface area contributed by atoms with E-state index in [9.17, 15) is 4.79 Å². The molecule has 0 saturated heterocycles. The van der Waals surface area contributed by atoms with E-state index in [1.807, 2.05) is 61.5 Å². The van der Waals surface area contributed by atoms with E-state index in [0.717, 1.165) is 23.3 Å². The quantitative estimate of drug-likeness (QED) is 0.705. The molecule has 0 N–H and O–H groups in total. The summed E-state index contributed by atoms with van der Waals surface area (Å²) >= 11 is 0. The minimum atomic E-state index is -0.0724. The van der Waals surface area contributed by atoms with Gasteiger partial charge in [-0.05, 0) is 42.5 Å². The van der Waals surface area contributed by atoms with Gasteiger partial charge in [-0.2, -0.15) is 0 Å². The van der Waals surface area contributed by atoms with Gasteiger partial charge in [0.15, 0.2) is 0 Å². The molecule has 0 aromatic heterocycles. The van der Waals surface area contributed by atoms with Crippen LogP contribution in [-0.4, -0.2) is 12.6 Å². The normalized spacial score (nSPS) is 19.2. The molecule has 3 nitrogen and oxygen atoms in total. The molecular weight excluding hydrogens is 300 g/mol. The third-order valence-electron chi connectivity index (χ3n) is 4.09. The second kappa shape index (κ2) is 7.82. The van der Waals surface area contributed by atoms with Crippen LogP contribution in [0.5, 0.6) is 5.75 Å².